The number of phenols is 1. The summed E-state index contributed by atoms with van der Waals surface area (Å²) in [6.45, 7) is 6.05. The molecule has 37 heteroatoms. The Morgan fingerprint density at radius 2 is 1.45 bits per heavy atom. The Labute approximate surface area is 628 Å². The summed E-state index contributed by atoms with van der Waals surface area (Å²) in [5, 5.41) is 47.7. The number of ether oxygens (including phenoxy) is 5. The zero-order valence-corrected chi connectivity index (χ0v) is 62.5. The number of aromatic hydroxyl groups is 1. The van der Waals surface area contributed by atoms with Crippen LogP contribution in [0.5, 0.6) is 11.5 Å². The molecule has 0 spiro atoms. The van der Waals surface area contributed by atoms with Gasteiger partial charge in [0.05, 0.1) is 31.1 Å². The first kappa shape index (κ1) is 85.9. The van der Waals surface area contributed by atoms with E-state index >= 15 is 0 Å². The summed E-state index contributed by atoms with van der Waals surface area (Å²) in [6.07, 6.45) is 1.67. The Morgan fingerprint density at radius 1 is 0.850 bits per heavy atom. The minimum atomic E-state index is -1.95. The predicted octanol–water partition coefficient (Wildman–Crippen LogP) is -0.0714. The number of unbranched alkanes of at least 4 members (excludes halogenated alkanes) is 1. The van der Waals surface area contributed by atoms with Crippen LogP contribution < -0.4 is 64.5 Å². The molecule has 2 aromatic rings. The third-order valence-electron chi connectivity index (χ3n) is 18.5. The number of hydrogen-bond donors (Lipinski definition) is 13. The van der Waals surface area contributed by atoms with Gasteiger partial charge in [-0.05, 0) is 108 Å². The van der Waals surface area contributed by atoms with Gasteiger partial charge in [0.2, 0.25) is 41.4 Å². The number of imide groups is 1. The van der Waals surface area contributed by atoms with Crippen LogP contribution in [-0.2, 0) is 84.5 Å². The summed E-state index contributed by atoms with van der Waals surface area (Å²) in [7, 11) is 5.69. The Kier molecular flexibility index (Phi) is 32.2. The van der Waals surface area contributed by atoms with E-state index in [2.05, 4.69) is 41.9 Å². The molecule has 35 nitrogen and oxygen atoms in total. The van der Waals surface area contributed by atoms with E-state index in [4.69, 9.17) is 58.2 Å². The number of fused-ring (bicyclic) bond motifs is 5. The molecule has 586 valence electrons. The summed E-state index contributed by atoms with van der Waals surface area (Å²) in [5.74, 6) is -10.1. The number of nitrogens with zero attached hydrogens (tertiary/aromatic N) is 5. The van der Waals surface area contributed by atoms with Gasteiger partial charge in [-0.3, -0.25) is 63.4 Å². The third kappa shape index (κ3) is 25.3. The SMILES string of the molecule is COc1cc2cc(c1Cl)N(C)C(=O)C[C@H](OC(=O)[C@H](C)N(C)C(=O)CCSCC(=O)N[C@@H](CCCN=C(N)N)C(=O)N[C@@H](CCCCNC(=O)[C@H](CCCN=C(N)N)NC(=O)CN1C(=O)C=CC1=O)C(=O)N[C@@H](Cc1ccc(O)cc1)C(=O)O)[C@]1(C)O[C@H]1[C@H](C)[C@@H]1C[C@@](O)(NC(=O)O1)[C@H](OC)/C=C/C=C(\C)C2. The molecular formula is C70H98ClN15O20S. The zero-order valence-electron chi connectivity index (χ0n) is 61.0. The second-order valence-electron chi connectivity index (χ2n) is 26.6. The number of methoxy groups -OCH3 is 2. The highest BCUT2D eigenvalue weighted by Gasteiger charge is 2.64. The third-order valence-corrected chi connectivity index (χ3v) is 19.8. The van der Waals surface area contributed by atoms with E-state index in [9.17, 15) is 72.9 Å². The summed E-state index contributed by atoms with van der Waals surface area (Å²) in [5.41, 5.74) is 20.9. The van der Waals surface area contributed by atoms with Crippen molar-refractivity contribution in [1.82, 2.24) is 41.7 Å². The van der Waals surface area contributed by atoms with Crippen molar-refractivity contribution in [2.24, 2.45) is 38.8 Å². The number of halogens is 1. The number of nitrogens with one attached hydrogen (secondary N) is 6. The number of carboxylic acid groups (broad SMARTS) is 1. The lowest BCUT2D eigenvalue weighted by Gasteiger charge is -2.42. The number of hydrogen-bond acceptors (Lipinski definition) is 22. The van der Waals surface area contributed by atoms with Crippen molar-refractivity contribution < 1.29 is 96.5 Å². The maximum absolute atomic E-state index is 14.5. The molecule has 12 atom stereocenters. The van der Waals surface area contributed by atoms with Crippen LogP contribution in [0.15, 0.2) is 82.3 Å². The highest BCUT2D eigenvalue weighted by molar-refractivity contribution is 7.99. The molecular weight excluding hydrogens is 1440 g/mol. The summed E-state index contributed by atoms with van der Waals surface area (Å²) >= 11 is 7.86. The first-order valence-electron chi connectivity index (χ1n) is 34.6. The van der Waals surface area contributed by atoms with E-state index in [1.807, 2.05) is 6.92 Å². The van der Waals surface area contributed by atoms with Gasteiger partial charge in [0.15, 0.2) is 17.6 Å². The number of alkyl carbamates (subject to hydrolysis) is 1. The van der Waals surface area contributed by atoms with E-state index in [1.54, 1.807) is 44.2 Å². The number of rotatable bonds is 35. The van der Waals surface area contributed by atoms with Gasteiger partial charge in [-0.25, -0.2) is 14.4 Å². The van der Waals surface area contributed by atoms with Crippen LogP contribution >= 0.6 is 23.4 Å². The largest absolute Gasteiger partial charge is 0.508 e. The van der Waals surface area contributed by atoms with E-state index < -0.39 is 156 Å². The van der Waals surface area contributed by atoms with Gasteiger partial charge in [-0.15, -0.1) is 0 Å². The van der Waals surface area contributed by atoms with Gasteiger partial charge in [-0.2, -0.15) is 11.8 Å². The van der Waals surface area contributed by atoms with Crippen LogP contribution in [-0.4, -0.2) is 240 Å². The minimum absolute atomic E-state index is 0.0142. The fourth-order valence-corrected chi connectivity index (χ4v) is 13.2. The van der Waals surface area contributed by atoms with Crippen molar-refractivity contribution in [2.75, 3.05) is 70.9 Å². The second-order valence-corrected chi connectivity index (χ2v) is 28.0. The number of thioether (sulfide) groups is 1. The lowest BCUT2D eigenvalue weighted by atomic mass is 9.83. The average molecular weight is 1540 g/mol. The first-order chi connectivity index (χ1) is 50.6. The van der Waals surface area contributed by atoms with Crippen LogP contribution in [0, 0.1) is 5.92 Å². The topological polar surface area (TPSA) is 526 Å². The molecule has 107 heavy (non-hydrogen) atoms. The number of benzene rings is 2. The summed E-state index contributed by atoms with van der Waals surface area (Å²) in [4.78, 5) is 173. The van der Waals surface area contributed by atoms with Crippen LogP contribution in [0.3, 0.4) is 0 Å². The number of aliphatic imine (C=N–C) groups is 2. The molecule has 4 aliphatic rings. The van der Waals surface area contributed by atoms with Gasteiger partial charge < -0.3 is 98.3 Å². The fourth-order valence-electron chi connectivity index (χ4n) is 12.2. The molecule has 4 heterocycles. The number of carboxylic acids is 1. The van der Waals surface area contributed by atoms with Gasteiger partial charge >= 0.3 is 18.0 Å². The number of likely N-dealkylation sites (N-methyl/N-ethyl adjacent to an activating group) is 1. The molecule has 2 aromatic carbocycles. The highest BCUT2D eigenvalue weighted by Crippen LogP contribution is 2.49. The number of carbonyl (C=O) groups excluding carboxylic acids is 11. The van der Waals surface area contributed by atoms with Gasteiger partial charge in [0.25, 0.3) is 11.8 Å². The lowest BCUT2D eigenvalue weighted by molar-refractivity contribution is -0.162. The molecule has 2 saturated heterocycles. The molecule has 0 unspecified atom stereocenters. The van der Waals surface area contributed by atoms with Gasteiger partial charge in [0, 0.05) is 83.9 Å². The Hall–Kier alpha value is -10.0. The normalized spacial score (nSPS) is 22.7. The number of epoxide rings is 1. The maximum atomic E-state index is 14.5. The van der Waals surface area contributed by atoms with Crippen molar-refractivity contribution in [2.45, 2.75) is 171 Å². The van der Waals surface area contributed by atoms with Gasteiger partial charge in [-0.1, -0.05) is 54.5 Å². The molecule has 0 aromatic heterocycles. The van der Waals surface area contributed by atoms with E-state index in [-0.39, 0.29) is 129 Å². The molecule has 4 aliphatic heterocycles. The summed E-state index contributed by atoms with van der Waals surface area (Å²) < 4.78 is 29.5. The van der Waals surface area contributed by atoms with Crippen LogP contribution in [0.25, 0.3) is 0 Å². The second kappa shape index (κ2) is 40.1. The van der Waals surface area contributed by atoms with Gasteiger partial charge in [0.1, 0.15) is 77.2 Å². The first-order valence-corrected chi connectivity index (χ1v) is 36.2. The van der Waals surface area contributed by atoms with Crippen molar-refractivity contribution in [3.05, 3.63) is 88.5 Å². The van der Waals surface area contributed by atoms with E-state index in [0.29, 0.717) is 22.4 Å². The number of aliphatic hydroxyl groups is 1. The van der Waals surface area contributed by atoms with Crippen LogP contribution in [0.4, 0.5) is 10.5 Å². The Balaban J connectivity index is 1.12. The standard InChI is InChI=1S/C70H98ClN15O20S/c1-38-14-11-18-51(103-8)70(101)35-50(104-68(100)83-70)39(2)60-69(4,106-60)52(34-58(93)85(6)48-32-42(30-38)33-49(102-7)59(48)71)105-65(99)40(3)84(5)55(90)25-29-107-37-54(89)80-45(17-13-28-78-67(74)75)62(95)81-46(63(96)82-47(64(97)98)31-41-19-21-43(87)22-20-41)15-9-10-26-76-61(94)44(16-12-27-77-66(72)73)79-53(88)36-86-56(91)23-24-57(86)92/h11,14,18-24,32-33,39-40,44-47,50-52,60,87,101H,9-10,12-13,15-17,25-31,34-37H2,1-8H3,(H,76,94)(H,79,88)(H,80,89)(H,81,95)(H,82,96)(H,83,100)(H,97,98)(H4,72,73,77)(H4,74,75,78)/b18-11+,38-14+/t39-,40+,44+,45+,46+,47+,50+,51-,52+,60+,69+,70+/m1/s1. The fraction of sp³-hybridized carbons (Fsp3) is 0.543. The molecule has 6 rings (SSSR count). The Bertz CT molecular complexity index is 3720. The quantitative estimate of drug-likeness (QED) is 0.0107. The monoisotopic (exact) mass is 1540 g/mol. The molecule has 2 fully saturated rings. The highest BCUT2D eigenvalue weighted by atomic mass is 35.5. The van der Waals surface area contributed by atoms with E-state index in [1.165, 1.54) is 64.4 Å². The smallest absolute Gasteiger partial charge is 0.409 e. The Morgan fingerprint density at radius 3 is 2.06 bits per heavy atom. The van der Waals surface area contributed by atoms with Crippen molar-refractivity contribution >= 4 is 112 Å². The van der Waals surface area contributed by atoms with Crippen LogP contribution in [0.1, 0.15) is 103 Å². The molecule has 10 amide bonds. The maximum Gasteiger partial charge on any atom is 0.409 e. The van der Waals surface area contributed by atoms with E-state index in [0.717, 1.165) is 34.4 Å². The number of aliphatic carboxylic acids is 1. The number of carbonyl (C=O) groups is 12. The number of guanidine groups is 2. The number of nitrogens with two attached hydrogens (primary N) is 4. The number of amides is 10. The number of allylic oxidation sites excluding steroid dienone is 3. The lowest BCUT2D eigenvalue weighted by Crippen LogP contribution is -2.63. The molecule has 17 N–H and O–H groups in total. The average Bonchev–Trinajstić information content (AvgIpc) is 1.57. The molecule has 0 aliphatic carbocycles. The van der Waals surface area contributed by atoms with Crippen molar-refractivity contribution in [3.63, 3.8) is 0 Å². The van der Waals surface area contributed by atoms with Crippen molar-refractivity contribution in [3.8, 4) is 11.5 Å². The van der Waals surface area contributed by atoms with Crippen molar-refractivity contribution in [1.29, 1.82) is 0 Å². The minimum Gasteiger partial charge on any atom is -0.508 e. The molecule has 4 bridgehead atoms. The van der Waals surface area contributed by atoms with Crippen LogP contribution in [0.2, 0.25) is 5.02 Å². The molecule has 0 saturated carbocycles. The zero-order chi connectivity index (χ0) is 79.0. The molecule has 0 radical (unpaired) electrons. The number of phenolic OH excluding ortho intramolecular Hbond substituents is 1. The number of anilines is 1. The number of esters is 1. The predicted molar refractivity (Wildman–Crippen MR) is 393 cm³/mol. The summed E-state index contributed by atoms with van der Waals surface area (Å²) in [6, 6.07) is 2.26.